The summed E-state index contributed by atoms with van der Waals surface area (Å²) in [7, 11) is -3.40. The van der Waals surface area contributed by atoms with E-state index in [4.69, 9.17) is 0 Å². The van der Waals surface area contributed by atoms with Crippen molar-refractivity contribution in [2.75, 3.05) is 10.6 Å². The molecule has 0 saturated carbocycles. The standard InChI is InChI=1S/C19H20F2N2O3S/c1-11-8-14-9-13(4-7-18(14)23(11)27(3,25)26)19(24)22-12(2)16-6-5-15(20)10-17(16)21/h4-7,9-12H,8H2,1-3H3,(H,22,24). The zero-order valence-electron chi connectivity index (χ0n) is 15.2. The predicted molar refractivity (Wildman–Crippen MR) is 99.2 cm³/mol. The van der Waals surface area contributed by atoms with Crippen molar-refractivity contribution in [1.29, 1.82) is 0 Å². The Balaban J connectivity index is 1.82. The van der Waals surface area contributed by atoms with Crippen molar-refractivity contribution in [3.05, 3.63) is 64.7 Å². The van der Waals surface area contributed by atoms with E-state index in [0.717, 1.165) is 24.0 Å². The molecule has 2 aromatic carbocycles. The highest BCUT2D eigenvalue weighted by Crippen LogP contribution is 2.34. The Morgan fingerprint density at radius 2 is 1.93 bits per heavy atom. The van der Waals surface area contributed by atoms with Crippen LogP contribution < -0.4 is 9.62 Å². The summed E-state index contributed by atoms with van der Waals surface area (Å²) < 4.78 is 52.2. The number of fused-ring (bicyclic) bond motifs is 1. The second kappa shape index (κ2) is 6.92. The summed E-state index contributed by atoms with van der Waals surface area (Å²) >= 11 is 0. The highest BCUT2D eigenvalue weighted by Gasteiger charge is 2.32. The van der Waals surface area contributed by atoms with Gasteiger partial charge in [-0.1, -0.05) is 6.07 Å². The van der Waals surface area contributed by atoms with Gasteiger partial charge in [-0.25, -0.2) is 17.2 Å². The maximum atomic E-state index is 13.9. The van der Waals surface area contributed by atoms with Crippen LogP contribution in [-0.4, -0.2) is 26.6 Å². The minimum Gasteiger partial charge on any atom is -0.345 e. The van der Waals surface area contributed by atoms with Crippen molar-refractivity contribution >= 4 is 21.6 Å². The molecule has 3 rings (SSSR count). The number of halogens is 2. The van der Waals surface area contributed by atoms with Gasteiger partial charge in [0.1, 0.15) is 11.6 Å². The van der Waals surface area contributed by atoms with Crippen molar-refractivity contribution in [1.82, 2.24) is 5.32 Å². The largest absolute Gasteiger partial charge is 0.345 e. The van der Waals surface area contributed by atoms with Gasteiger partial charge in [-0.3, -0.25) is 9.10 Å². The third-order valence-corrected chi connectivity index (χ3v) is 5.90. The van der Waals surface area contributed by atoms with E-state index >= 15 is 0 Å². The summed E-state index contributed by atoms with van der Waals surface area (Å²) in [5.41, 5.74) is 1.87. The minimum absolute atomic E-state index is 0.183. The van der Waals surface area contributed by atoms with Crippen molar-refractivity contribution in [2.24, 2.45) is 0 Å². The first kappa shape index (κ1) is 19.3. The topological polar surface area (TPSA) is 66.5 Å². The number of hydrogen-bond donors (Lipinski definition) is 1. The second-order valence-corrected chi connectivity index (χ2v) is 8.68. The van der Waals surface area contributed by atoms with Gasteiger partial charge in [0.25, 0.3) is 5.91 Å². The van der Waals surface area contributed by atoms with Crippen LogP contribution in [0.25, 0.3) is 0 Å². The molecule has 0 aromatic heterocycles. The number of nitrogens with zero attached hydrogens (tertiary/aromatic N) is 1. The number of benzene rings is 2. The third kappa shape index (κ3) is 3.80. The summed E-state index contributed by atoms with van der Waals surface area (Å²) in [4.78, 5) is 12.5. The van der Waals surface area contributed by atoms with Gasteiger partial charge in [-0.15, -0.1) is 0 Å². The molecule has 2 unspecified atom stereocenters. The fourth-order valence-corrected chi connectivity index (χ4v) is 4.72. The first-order valence-corrected chi connectivity index (χ1v) is 10.3. The number of anilines is 1. The molecule has 0 radical (unpaired) electrons. The molecule has 27 heavy (non-hydrogen) atoms. The van der Waals surface area contributed by atoms with Gasteiger partial charge in [0.2, 0.25) is 10.0 Å². The van der Waals surface area contributed by atoms with E-state index in [1.165, 1.54) is 16.4 Å². The second-order valence-electron chi connectivity index (χ2n) is 6.82. The van der Waals surface area contributed by atoms with E-state index in [0.29, 0.717) is 17.7 Å². The van der Waals surface area contributed by atoms with Gasteiger partial charge in [0, 0.05) is 23.2 Å². The third-order valence-electron chi connectivity index (χ3n) is 4.63. The van der Waals surface area contributed by atoms with E-state index in [9.17, 15) is 22.0 Å². The molecule has 1 aliphatic rings. The molecule has 0 bridgehead atoms. The molecular weight excluding hydrogens is 374 g/mol. The fourth-order valence-electron chi connectivity index (χ4n) is 3.46. The lowest BCUT2D eigenvalue weighted by Gasteiger charge is -2.22. The lowest BCUT2D eigenvalue weighted by Crippen LogP contribution is -2.34. The van der Waals surface area contributed by atoms with Crippen LogP contribution in [0.5, 0.6) is 0 Å². The van der Waals surface area contributed by atoms with Crippen LogP contribution in [0.1, 0.15) is 41.4 Å². The Labute approximate surface area is 157 Å². The molecule has 0 spiro atoms. The normalized spacial score (nSPS) is 17.5. The molecule has 144 valence electrons. The molecular formula is C19H20F2N2O3S. The van der Waals surface area contributed by atoms with Gasteiger partial charge in [-0.05, 0) is 50.1 Å². The maximum Gasteiger partial charge on any atom is 0.251 e. The number of nitrogens with one attached hydrogen (secondary N) is 1. The van der Waals surface area contributed by atoms with E-state index < -0.39 is 33.6 Å². The lowest BCUT2D eigenvalue weighted by molar-refractivity contribution is 0.0939. The first-order chi connectivity index (χ1) is 12.6. The van der Waals surface area contributed by atoms with E-state index in [1.54, 1.807) is 26.0 Å². The molecule has 5 nitrogen and oxygen atoms in total. The van der Waals surface area contributed by atoms with Crippen LogP contribution in [0.2, 0.25) is 0 Å². The Morgan fingerprint density at radius 1 is 1.22 bits per heavy atom. The Bertz CT molecular complexity index is 1010. The molecule has 0 saturated heterocycles. The zero-order valence-corrected chi connectivity index (χ0v) is 16.0. The van der Waals surface area contributed by atoms with Crippen molar-refractivity contribution in [2.45, 2.75) is 32.4 Å². The van der Waals surface area contributed by atoms with Crippen molar-refractivity contribution < 1.29 is 22.0 Å². The molecule has 1 heterocycles. The Hall–Kier alpha value is -2.48. The number of carbonyl (C=O) groups excluding carboxylic acids is 1. The number of rotatable bonds is 4. The number of carbonyl (C=O) groups is 1. The molecule has 0 aliphatic carbocycles. The maximum absolute atomic E-state index is 13.9. The summed E-state index contributed by atoms with van der Waals surface area (Å²) in [5.74, 6) is -1.83. The van der Waals surface area contributed by atoms with E-state index in [2.05, 4.69) is 5.32 Å². The molecule has 2 aromatic rings. The van der Waals surface area contributed by atoms with Crippen LogP contribution in [0.15, 0.2) is 36.4 Å². The van der Waals surface area contributed by atoms with Gasteiger partial charge >= 0.3 is 0 Å². The molecule has 1 N–H and O–H groups in total. The van der Waals surface area contributed by atoms with Crippen molar-refractivity contribution in [3.8, 4) is 0 Å². The summed E-state index contributed by atoms with van der Waals surface area (Å²) in [6, 6.07) is 7.13. The molecule has 0 fully saturated rings. The summed E-state index contributed by atoms with van der Waals surface area (Å²) in [6.45, 7) is 3.41. The van der Waals surface area contributed by atoms with Crippen LogP contribution in [0.3, 0.4) is 0 Å². The molecule has 1 aliphatic heterocycles. The first-order valence-electron chi connectivity index (χ1n) is 8.46. The molecule has 2 atom stereocenters. The monoisotopic (exact) mass is 394 g/mol. The number of hydrogen-bond acceptors (Lipinski definition) is 3. The van der Waals surface area contributed by atoms with E-state index in [-0.39, 0.29) is 11.6 Å². The van der Waals surface area contributed by atoms with Crippen molar-refractivity contribution in [3.63, 3.8) is 0 Å². The van der Waals surface area contributed by atoms with E-state index in [1.807, 2.05) is 0 Å². The fraction of sp³-hybridized carbons (Fsp3) is 0.316. The highest BCUT2D eigenvalue weighted by molar-refractivity contribution is 7.92. The summed E-state index contributed by atoms with van der Waals surface area (Å²) in [6.07, 6.45) is 1.66. The number of amides is 1. The SMILES string of the molecule is CC(NC(=O)c1ccc2c(c1)CC(C)N2S(C)(=O)=O)c1ccc(F)cc1F. The van der Waals surface area contributed by atoms with Crippen LogP contribution in [-0.2, 0) is 16.4 Å². The van der Waals surface area contributed by atoms with Crippen LogP contribution in [0, 0.1) is 11.6 Å². The van der Waals surface area contributed by atoms with Gasteiger partial charge in [0.05, 0.1) is 18.0 Å². The smallest absolute Gasteiger partial charge is 0.251 e. The average Bonchev–Trinajstić information content (AvgIpc) is 2.89. The molecule has 1 amide bonds. The van der Waals surface area contributed by atoms with Gasteiger partial charge < -0.3 is 5.32 Å². The van der Waals surface area contributed by atoms with Crippen LogP contribution >= 0.6 is 0 Å². The molecule has 8 heteroatoms. The quantitative estimate of drug-likeness (QED) is 0.866. The predicted octanol–water partition coefficient (Wildman–Crippen LogP) is 3.17. The van der Waals surface area contributed by atoms with Gasteiger partial charge in [-0.2, -0.15) is 0 Å². The Kier molecular flexibility index (Phi) is 4.94. The zero-order chi connectivity index (χ0) is 19.9. The highest BCUT2D eigenvalue weighted by atomic mass is 32.2. The average molecular weight is 394 g/mol. The van der Waals surface area contributed by atoms with Crippen LogP contribution in [0.4, 0.5) is 14.5 Å². The minimum atomic E-state index is -3.40. The lowest BCUT2D eigenvalue weighted by atomic mass is 10.0. The Morgan fingerprint density at radius 3 is 2.56 bits per heavy atom. The summed E-state index contributed by atoms with van der Waals surface area (Å²) in [5, 5.41) is 2.68. The number of sulfonamides is 1. The van der Waals surface area contributed by atoms with Gasteiger partial charge in [0.15, 0.2) is 0 Å².